The number of sulfonamides is 1. The smallest absolute Gasteiger partial charge is 0.208 e. The highest BCUT2D eigenvalue weighted by molar-refractivity contribution is 7.88. The number of hydrogen-bond acceptors (Lipinski definition) is 6. The minimum Gasteiger partial charge on any atom is -0.367 e. The van der Waals surface area contributed by atoms with Crippen molar-refractivity contribution in [2.24, 2.45) is 0 Å². The van der Waals surface area contributed by atoms with Crippen LogP contribution in [0.1, 0.15) is 31.2 Å². The molecular formula is C18H25N5O2S. The lowest BCUT2D eigenvalue weighted by atomic mass is 9.92. The third-order valence-corrected chi connectivity index (χ3v) is 5.18. The van der Waals surface area contributed by atoms with Crippen LogP contribution in [0, 0.1) is 6.92 Å². The first-order chi connectivity index (χ1) is 12.4. The van der Waals surface area contributed by atoms with Crippen molar-refractivity contribution in [3.05, 3.63) is 42.2 Å². The molecule has 2 aromatic rings. The summed E-state index contributed by atoms with van der Waals surface area (Å²) in [6.45, 7) is 2.05. The van der Waals surface area contributed by atoms with Gasteiger partial charge in [0.1, 0.15) is 18.0 Å². The van der Waals surface area contributed by atoms with E-state index in [1.807, 2.05) is 31.2 Å². The summed E-state index contributed by atoms with van der Waals surface area (Å²) in [6.07, 6.45) is 6.20. The zero-order valence-corrected chi connectivity index (χ0v) is 15.9. The topological polar surface area (TPSA) is 96.0 Å². The van der Waals surface area contributed by atoms with Gasteiger partial charge in [-0.2, -0.15) is 0 Å². The maximum absolute atomic E-state index is 11.3. The zero-order valence-electron chi connectivity index (χ0n) is 15.1. The maximum Gasteiger partial charge on any atom is 0.208 e. The van der Waals surface area contributed by atoms with Crippen LogP contribution in [0.3, 0.4) is 0 Å². The average molecular weight is 375 g/mol. The van der Waals surface area contributed by atoms with E-state index in [1.165, 1.54) is 18.1 Å². The molecule has 0 bridgehead atoms. The monoisotopic (exact) mass is 375 g/mol. The Morgan fingerprint density at radius 3 is 2.38 bits per heavy atom. The third kappa shape index (κ3) is 5.67. The highest BCUT2D eigenvalue weighted by Gasteiger charge is 2.23. The number of nitrogens with one attached hydrogen (secondary N) is 3. The second-order valence-electron chi connectivity index (χ2n) is 6.87. The molecule has 0 unspecified atom stereocenters. The van der Waals surface area contributed by atoms with E-state index in [0.29, 0.717) is 0 Å². The van der Waals surface area contributed by atoms with Crippen molar-refractivity contribution in [1.29, 1.82) is 0 Å². The van der Waals surface area contributed by atoms with Crippen molar-refractivity contribution >= 4 is 27.3 Å². The van der Waals surface area contributed by atoms with Crippen molar-refractivity contribution in [3.8, 4) is 0 Å². The van der Waals surface area contributed by atoms with Crippen LogP contribution in [0.4, 0.5) is 17.3 Å². The SMILES string of the molecule is Cc1cccc(Nc2cc(N[C@H]3CC[C@H](NS(C)(=O)=O)CC3)ncn2)c1. The van der Waals surface area contributed by atoms with Crippen molar-refractivity contribution in [2.45, 2.75) is 44.7 Å². The van der Waals surface area contributed by atoms with Gasteiger partial charge in [0, 0.05) is 23.8 Å². The van der Waals surface area contributed by atoms with Crippen molar-refractivity contribution in [3.63, 3.8) is 0 Å². The molecule has 0 amide bonds. The van der Waals surface area contributed by atoms with E-state index >= 15 is 0 Å². The van der Waals surface area contributed by atoms with Gasteiger partial charge in [0.25, 0.3) is 0 Å². The molecule has 1 heterocycles. The molecule has 7 nitrogen and oxygen atoms in total. The number of aryl methyl sites for hydroxylation is 1. The molecule has 140 valence electrons. The average Bonchev–Trinajstić information content (AvgIpc) is 2.56. The summed E-state index contributed by atoms with van der Waals surface area (Å²) in [5.41, 5.74) is 2.17. The molecule has 3 N–H and O–H groups in total. The minimum absolute atomic E-state index is 0.0343. The van der Waals surface area contributed by atoms with Crippen molar-refractivity contribution < 1.29 is 8.42 Å². The minimum atomic E-state index is -3.14. The molecule has 0 radical (unpaired) electrons. The van der Waals surface area contributed by atoms with E-state index < -0.39 is 10.0 Å². The normalized spacial score (nSPS) is 20.5. The maximum atomic E-state index is 11.3. The molecule has 3 rings (SSSR count). The Balaban J connectivity index is 1.56. The number of anilines is 3. The molecule has 8 heteroatoms. The van der Waals surface area contributed by atoms with E-state index in [9.17, 15) is 8.42 Å². The standard InChI is InChI=1S/C18H25N5O2S/c1-13-4-3-5-16(10-13)22-18-11-17(19-12-20-18)21-14-6-8-15(9-7-14)23-26(2,24)25/h3-5,10-12,14-15,23H,6-9H2,1-2H3,(H2,19,20,21,22)/t14-,15-. The Bertz CT molecular complexity index is 848. The first kappa shape index (κ1) is 18.6. The first-order valence-corrected chi connectivity index (χ1v) is 10.7. The Morgan fingerprint density at radius 2 is 1.69 bits per heavy atom. The fourth-order valence-electron chi connectivity index (χ4n) is 3.24. The van der Waals surface area contributed by atoms with E-state index in [0.717, 1.165) is 43.0 Å². The van der Waals surface area contributed by atoms with E-state index in [2.05, 4.69) is 31.4 Å². The van der Waals surface area contributed by atoms with Crippen LogP contribution in [0.15, 0.2) is 36.7 Å². The van der Waals surface area contributed by atoms with Crippen LogP contribution in [-0.2, 0) is 10.0 Å². The van der Waals surface area contributed by atoms with Gasteiger partial charge >= 0.3 is 0 Å². The van der Waals surface area contributed by atoms with Gasteiger partial charge in [0.2, 0.25) is 10.0 Å². The molecule has 1 saturated carbocycles. The summed E-state index contributed by atoms with van der Waals surface area (Å²) in [5.74, 6) is 1.51. The van der Waals surface area contributed by atoms with Gasteiger partial charge in [-0.3, -0.25) is 0 Å². The molecule has 1 aliphatic carbocycles. The van der Waals surface area contributed by atoms with Gasteiger partial charge in [-0.25, -0.2) is 23.1 Å². The lowest BCUT2D eigenvalue weighted by Crippen LogP contribution is -2.39. The van der Waals surface area contributed by atoms with Crippen LogP contribution in [0.5, 0.6) is 0 Å². The zero-order chi connectivity index (χ0) is 18.6. The fourth-order valence-corrected chi connectivity index (χ4v) is 4.08. The highest BCUT2D eigenvalue weighted by Crippen LogP contribution is 2.23. The van der Waals surface area contributed by atoms with Crippen LogP contribution in [-0.4, -0.2) is 36.7 Å². The van der Waals surface area contributed by atoms with E-state index in [4.69, 9.17) is 0 Å². The summed E-state index contributed by atoms with van der Waals surface area (Å²) < 4.78 is 25.4. The molecule has 0 spiro atoms. The molecular weight excluding hydrogens is 350 g/mol. The van der Waals surface area contributed by atoms with E-state index in [1.54, 1.807) is 0 Å². The van der Waals surface area contributed by atoms with Gasteiger partial charge < -0.3 is 10.6 Å². The number of hydrogen-bond donors (Lipinski definition) is 3. The Hall–Kier alpha value is -2.19. The van der Waals surface area contributed by atoms with E-state index in [-0.39, 0.29) is 12.1 Å². The number of rotatable bonds is 6. The van der Waals surface area contributed by atoms with Gasteiger partial charge in [0.15, 0.2) is 0 Å². The molecule has 1 fully saturated rings. The van der Waals surface area contributed by atoms with Crippen molar-refractivity contribution in [2.75, 3.05) is 16.9 Å². The second kappa shape index (κ2) is 8.01. The predicted molar refractivity (Wildman–Crippen MR) is 104 cm³/mol. The molecule has 0 atom stereocenters. The lowest BCUT2D eigenvalue weighted by molar-refractivity contribution is 0.387. The summed E-state index contributed by atoms with van der Waals surface area (Å²) in [5, 5.41) is 6.72. The molecule has 1 aromatic heterocycles. The molecule has 0 aliphatic heterocycles. The molecule has 26 heavy (non-hydrogen) atoms. The molecule has 0 saturated heterocycles. The molecule has 1 aromatic carbocycles. The van der Waals surface area contributed by atoms with Crippen LogP contribution in [0.2, 0.25) is 0 Å². The predicted octanol–water partition coefficient (Wildman–Crippen LogP) is 2.80. The number of nitrogens with zero attached hydrogens (tertiary/aromatic N) is 2. The summed E-state index contributed by atoms with van der Waals surface area (Å²) in [7, 11) is -3.14. The first-order valence-electron chi connectivity index (χ1n) is 8.77. The number of aromatic nitrogens is 2. The highest BCUT2D eigenvalue weighted by atomic mass is 32.2. The lowest BCUT2D eigenvalue weighted by Gasteiger charge is -2.29. The Morgan fingerprint density at radius 1 is 1.00 bits per heavy atom. The summed E-state index contributed by atoms with van der Waals surface area (Å²) in [4.78, 5) is 8.57. The molecule has 1 aliphatic rings. The summed E-state index contributed by atoms with van der Waals surface area (Å²) >= 11 is 0. The van der Waals surface area contributed by atoms with Gasteiger partial charge in [0.05, 0.1) is 6.26 Å². The second-order valence-corrected chi connectivity index (χ2v) is 8.65. The van der Waals surface area contributed by atoms with Gasteiger partial charge in [-0.15, -0.1) is 0 Å². The van der Waals surface area contributed by atoms with Crippen LogP contribution >= 0.6 is 0 Å². The summed E-state index contributed by atoms with van der Waals surface area (Å²) in [6, 6.07) is 10.3. The van der Waals surface area contributed by atoms with Gasteiger partial charge in [-0.1, -0.05) is 12.1 Å². The Labute approximate surface area is 154 Å². The third-order valence-electron chi connectivity index (χ3n) is 4.42. The largest absolute Gasteiger partial charge is 0.367 e. The van der Waals surface area contributed by atoms with Crippen molar-refractivity contribution in [1.82, 2.24) is 14.7 Å². The quantitative estimate of drug-likeness (QED) is 0.718. The van der Waals surface area contributed by atoms with Crippen LogP contribution in [0.25, 0.3) is 0 Å². The van der Waals surface area contributed by atoms with Crippen LogP contribution < -0.4 is 15.4 Å². The Kier molecular flexibility index (Phi) is 5.73. The van der Waals surface area contributed by atoms with Gasteiger partial charge in [-0.05, 0) is 50.3 Å². The number of benzene rings is 1. The fraction of sp³-hybridized carbons (Fsp3) is 0.444.